The Labute approximate surface area is 141 Å². The minimum absolute atomic E-state index is 0.0222. The standard InChI is InChI=1S/C18H23N5O/c1-13(17-21-20-16-9-5-6-11-23(16)17)19-15-10-12-22(18(15)24)14-7-3-2-4-8-14/h2-4,7-8,13,15,19H,5-6,9-12H2,1H3/t13-,15-/m0/s1. The minimum Gasteiger partial charge on any atom is -0.314 e. The number of nitrogens with one attached hydrogen (secondary N) is 1. The molecule has 2 aliphatic heterocycles. The third kappa shape index (κ3) is 2.71. The largest absolute Gasteiger partial charge is 0.314 e. The SMILES string of the molecule is C[C@H](N[C@H]1CCN(c2ccccc2)C1=O)c1nnc2n1CCCC2. The fourth-order valence-corrected chi connectivity index (χ4v) is 3.73. The van der Waals surface area contributed by atoms with E-state index in [1.54, 1.807) is 0 Å². The molecule has 1 fully saturated rings. The maximum absolute atomic E-state index is 12.7. The number of aromatic nitrogens is 3. The molecule has 2 atom stereocenters. The van der Waals surface area contributed by atoms with Crippen LogP contribution in [0.4, 0.5) is 5.69 Å². The van der Waals surface area contributed by atoms with Gasteiger partial charge in [-0.25, -0.2) is 0 Å². The Bertz CT molecular complexity index is 726. The van der Waals surface area contributed by atoms with E-state index in [4.69, 9.17) is 0 Å². The Kier molecular flexibility index (Phi) is 4.06. The molecule has 2 aromatic rings. The number of anilines is 1. The highest BCUT2D eigenvalue weighted by Crippen LogP contribution is 2.24. The molecule has 2 aliphatic rings. The molecular formula is C18H23N5O. The molecule has 1 saturated heterocycles. The molecule has 1 N–H and O–H groups in total. The zero-order valence-electron chi connectivity index (χ0n) is 14.0. The summed E-state index contributed by atoms with van der Waals surface area (Å²) < 4.78 is 2.22. The molecule has 24 heavy (non-hydrogen) atoms. The van der Waals surface area contributed by atoms with E-state index in [1.807, 2.05) is 35.2 Å². The summed E-state index contributed by atoms with van der Waals surface area (Å²) in [5.74, 6) is 2.18. The quantitative estimate of drug-likeness (QED) is 0.935. The normalized spacial score (nSPS) is 21.8. The molecule has 0 aliphatic carbocycles. The Morgan fingerprint density at radius 2 is 2.00 bits per heavy atom. The number of hydrogen-bond donors (Lipinski definition) is 1. The van der Waals surface area contributed by atoms with Crippen molar-refractivity contribution in [2.45, 2.75) is 51.2 Å². The summed E-state index contributed by atoms with van der Waals surface area (Å²) in [5.41, 5.74) is 0.972. The van der Waals surface area contributed by atoms with Crippen LogP contribution in [-0.4, -0.2) is 33.3 Å². The summed E-state index contributed by atoms with van der Waals surface area (Å²) in [6.07, 6.45) is 4.19. The van der Waals surface area contributed by atoms with Crippen molar-refractivity contribution < 1.29 is 4.79 Å². The second-order valence-corrected chi connectivity index (χ2v) is 6.64. The Morgan fingerprint density at radius 3 is 2.83 bits per heavy atom. The van der Waals surface area contributed by atoms with Gasteiger partial charge in [-0.2, -0.15) is 0 Å². The zero-order valence-corrected chi connectivity index (χ0v) is 14.0. The van der Waals surface area contributed by atoms with Crippen LogP contribution < -0.4 is 10.2 Å². The first-order valence-electron chi connectivity index (χ1n) is 8.78. The molecule has 4 rings (SSSR count). The first kappa shape index (κ1) is 15.3. The summed E-state index contributed by atoms with van der Waals surface area (Å²) in [7, 11) is 0. The van der Waals surface area contributed by atoms with Gasteiger partial charge in [0.05, 0.1) is 12.1 Å². The lowest BCUT2D eigenvalue weighted by atomic mass is 10.1. The van der Waals surface area contributed by atoms with Gasteiger partial charge in [0.1, 0.15) is 11.6 Å². The highest BCUT2D eigenvalue weighted by molar-refractivity contribution is 5.99. The average molecular weight is 325 g/mol. The number of rotatable bonds is 4. The van der Waals surface area contributed by atoms with Gasteiger partial charge in [-0.15, -0.1) is 10.2 Å². The van der Waals surface area contributed by atoms with Gasteiger partial charge in [-0.3, -0.25) is 10.1 Å². The Balaban J connectivity index is 1.46. The Morgan fingerprint density at radius 1 is 1.17 bits per heavy atom. The van der Waals surface area contributed by atoms with Gasteiger partial charge in [-0.05, 0) is 38.3 Å². The number of para-hydroxylation sites is 1. The van der Waals surface area contributed by atoms with Crippen LogP contribution in [0.1, 0.15) is 43.9 Å². The third-order valence-electron chi connectivity index (χ3n) is 5.00. The van der Waals surface area contributed by atoms with E-state index in [1.165, 1.54) is 12.8 Å². The van der Waals surface area contributed by atoms with Gasteiger partial charge >= 0.3 is 0 Å². The molecule has 6 heteroatoms. The molecule has 3 heterocycles. The molecule has 1 aromatic heterocycles. The molecule has 1 amide bonds. The zero-order chi connectivity index (χ0) is 16.5. The lowest BCUT2D eigenvalue weighted by Gasteiger charge is -2.22. The maximum Gasteiger partial charge on any atom is 0.244 e. The van der Waals surface area contributed by atoms with E-state index in [-0.39, 0.29) is 18.0 Å². The van der Waals surface area contributed by atoms with Crippen molar-refractivity contribution in [2.24, 2.45) is 0 Å². The van der Waals surface area contributed by atoms with Crippen molar-refractivity contribution in [3.05, 3.63) is 42.0 Å². The summed E-state index contributed by atoms with van der Waals surface area (Å²) in [6.45, 7) is 3.81. The van der Waals surface area contributed by atoms with E-state index in [0.29, 0.717) is 0 Å². The number of carbonyl (C=O) groups excluding carboxylic acids is 1. The molecule has 0 spiro atoms. The predicted molar refractivity (Wildman–Crippen MR) is 91.7 cm³/mol. The second-order valence-electron chi connectivity index (χ2n) is 6.64. The number of hydrogen-bond acceptors (Lipinski definition) is 4. The highest BCUT2D eigenvalue weighted by atomic mass is 16.2. The van der Waals surface area contributed by atoms with E-state index < -0.39 is 0 Å². The van der Waals surface area contributed by atoms with Crippen LogP contribution in [0.15, 0.2) is 30.3 Å². The van der Waals surface area contributed by atoms with Crippen molar-refractivity contribution in [3.8, 4) is 0 Å². The van der Waals surface area contributed by atoms with Gasteiger partial charge in [0.2, 0.25) is 5.91 Å². The third-order valence-corrected chi connectivity index (χ3v) is 5.00. The van der Waals surface area contributed by atoms with Gasteiger partial charge in [-0.1, -0.05) is 18.2 Å². The lowest BCUT2D eigenvalue weighted by molar-refractivity contribution is -0.119. The molecule has 0 saturated carbocycles. The number of aryl methyl sites for hydroxylation is 1. The average Bonchev–Trinajstić information content (AvgIpc) is 3.20. The molecule has 1 aromatic carbocycles. The van der Waals surface area contributed by atoms with Crippen LogP contribution in [0, 0.1) is 0 Å². The number of fused-ring (bicyclic) bond motifs is 1. The van der Waals surface area contributed by atoms with Crippen LogP contribution in [0.25, 0.3) is 0 Å². The number of nitrogens with zero attached hydrogens (tertiary/aromatic N) is 4. The van der Waals surface area contributed by atoms with Crippen molar-refractivity contribution in [3.63, 3.8) is 0 Å². The Hall–Kier alpha value is -2.21. The smallest absolute Gasteiger partial charge is 0.244 e. The highest BCUT2D eigenvalue weighted by Gasteiger charge is 2.34. The second kappa shape index (κ2) is 6.36. The van der Waals surface area contributed by atoms with Crippen LogP contribution >= 0.6 is 0 Å². The summed E-state index contributed by atoms with van der Waals surface area (Å²) >= 11 is 0. The molecule has 126 valence electrons. The van der Waals surface area contributed by atoms with Crippen LogP contribution in [0.2, 0.25) is 0 Å². The van der Waals surface area contributed by atoms with Crippen LogP contribution in [-0.2, 0) is 17.8 Å². The molecular weight excluding hydrogens is 302 g/mol. The lowest BCUT2D eigenvalue weighted by Crippen LogP contribution is -2.40. The summed E-state index contributed by atoms with van der Waals surface area (Å²) in [6, 6.07) is 9.74. The van der Waals surface area contributed by atoms with Gasteiger partial charge in [0, 0.05) is 25.2 Å². The molecule has 0 bridgehead atoms. The predicted octanol–water partition coefficient (Wildman–Crippen LogP) is 2.07. The number of amides is 1. The topological polar surface area (TPSA) is 63.1 Å². The van der Waals surface area contributed by atoms with Crippen LogP contribution in [0.5, 0.6) is 0 Å². The van der Waals surface area contributed by atoms with Crippen molar-refractivity contribution >= 4 is 11.6 Å². The van der Waals surface area contributed by atoms with Crippen molar-refractivity contribution in [1.29, 1.82) is 0 Å². The van der Waals surface area contributed by atoms with Crippen molar-refractivity contribution in [1.82, 2.24) is 20.1 Å². The summed E-state index contributed by atoms with van der Waals surface area (Å²) in [5, 5.41) is 12.1. The molecule has 6 nitrogen and oxygen atoms in total. The monoisotopic (exact) mass is 325 g/mol. The fourth-order valence-electron chi connectivity index (χ4n) is 3.73. The van der Waals surface area contributed by atoms with E-state index in [0.717, 1.165) is 43.3 Å². The van der Waals surface area contributed by atoms with Gasteiger partial charge in [0.25, 0.3) is 0 Å². The first-order chi connectivity index (χ1) is 11.7. The fraction of sp³-hybridized carbons (Fsp3) is 0.500. The number of benzene rings is 1. The number of carbonyl (C=O) groups is 1. The maximum atomic E-state index is 12.7. The molecule has 0 unspecified atom stereocenters. The van der Waals surface area contributed by atoms with Crippen molar-refractivity contribution in [2.75, 3.05) is 11.4 Å². The first-order valence-corrected chi connectivity index (χ1v) is 8.78. The minimum atomic E-state index is -0.156. The van der Waals surface area contributed by atoms with Crippen LogP contribution in [0.3, 0.4) is 0 Å². The molecule has 0 radical (unpaired) electrons. The van der Waals surface area contributed by atoms with E-state index >= 15 is 0 Å². The van der Waals surface area contributed by atoms with Gasteiger partial charge in [0.15, 0.2) is 0 Å². The summed E-state index contributed by atoms with van der Waals surface area (Å²) in [4.78, 5) is 14.6. The van der Waals surface area contributed by atoms with E-state index in [2.05, 4.69) is 27.0 Å². The van der Waals surface area contributed by atoms with E-state index in [9.17, 15) is 4.79 Å². The van der Waals surface area contributed by atoms with Gasteiger partial charge < -0.3 is 9.47 Å².